The van der Waals surface area contributed by atoms with Crippen LogP contribution < -0.4 is 0 Å². The van der Waals surface area contributed by atoms with E-state index in [4.69, 9.17) is 5.11 Å². The second kappa shape index (κ2) is 13.1. The molecule has 0 rings (SSSR count). The molecule has 0 fully saturated rings. The first-order valence-corrected chi connectivity index (χ1v) is 7.97. The van der Waals surface area contributed by atoms with E-state index in [2.05, 4.69) is 6.92 Å². The number of hydrogen-bond donors (Lipinski definition) is 2. The second-order valence-corrected chi connectivity index (χ2v) is 5.58. The summed E-state index contributed by atoms with van der Waals surface area (Å²) in [5.41, 5.74) is 0. The van der Waals surface area contributed by atoms with Gasteiger partial charge in [0.2, 0.25) is 0 Å². The summed E-state index contributed by atoms with van der Waals surface area (Å²) in [7, 11) is 0. The number of carboxylic acid groups (broad SMARTS) is 1. The summed E-state index contributed by atoms with van der Waals surface area (Å²) >= 11 is 0. The fourth-order valence-corrected chi connectivity index (χ4v) is 2.30. The van der Waals surface area contributed by atoms with Crippen LogP contribution in [0, 0.1) is 0 Å². The molecule has 0 amide bonds. The number of ketones is 1. The van der Waals surface area contributed by atoms with Gasteiger partial charge in [0, 0.05) is 6.42 Å². The molecule has 20 heavy (non-hydrogen) atoms. The van der Waals surface area contributed by atoms with E-state index in [0.29, 0.717) is 6.42 Å². The van der Waals surface area contributed by atoms with Crippen LogP contribution in [-0.2, 0) is 9.59 Å². The van der Waals surface area contributed by atoms with Crippen LogP contribution >= 0.6 is 0 Å². The minimum Gasteiger partial charge on any atom is -0.481 e. The molecule has 1 atom stereocenters. The summed E-state index contributed by atoms with van der Waals surface area (Å²) in [5.74, 6) is -1.51. The lowest BCUT2D eigenvalue weighted by molar-refractivity contribution is -0.140. The molecule has 0 spiro atoms. The monoisotopic (exact) mass is 286 g/mol. The number of carboxylic acids is 1. The van der Waals surface area contributed by atoms with Crippen LogP contribution in [0.3, 0.4) is 0 Å². The molecule has 0 aromatic rings. The van der Waals surface area contributed by atoms with Crippen LogP contribution in [0.25, 0.3) is 0 Å². The van der Waals surface area contributed by atoms with Crippen molar-refractivity contribution in [1.29, 1.82) is 0 Å². The molecule has 0 aliphatic rings. The number of aliphatic hydroxyl groups is 1. The highest BCUT2D eigenvalue weighted by atomic mass is 16.4. The molecule has 0 aromatic carbocycles. The van der Waals surface area contributed by atoms with Crippen molar-refractivity contribution in [2.45, 2.75) is 90.1 Å². The van der Waals surface area contributed by atoms with E-state index >= 15 is 0 Å². The molecule has 0 aliphatic carbocycles. The molecule has 0 aromatic heterocycles. The highest BCUT2D eigenvalue weighted by Crippen LogP contribution is 2.12. The van der Waals surface area contributed by atoms with E-state index in [1.165, 1.54) is 44.9 Å². The maximum absolute atomic E-state index is 11.2. The van der Waals surface area contributed by atoms with Gasteiger partial charge in [0.1, 0.15) is 12.2 Å². The van der Waals surface area contributed by atoms with Crippen molar-refractivity contribution < 1.29 is 19.8 Å². The average molecular weight is 286 g/mol. The fourth-order valence-electron chi connectivity index (χ4n) is 2.30. The van der Waals surface area contributed by atoms with Gasteiger partial charge in [-0.15, -0.1) is 0 Å². The van der Waals surface area contributed by atoms with Crippen molar-refractivity contribution in [3.05, 3.63) is 0 Å². The molecule has 0 radical (unpaired) electrons. The number of Topliss-reactive ketones (excluding diaryl/α,β-unsaturated/α-hetero) is 1. The maximum Gasteiger partial charge on any atom is 0.310 e. The van der Waals surface area contributed by atoms with Crippen LogP contribution in [0.1, 0.15) is 84.0 Å². The first kappa shape index (κ1) is 19.1. The highest BCUT2D eigenvalue weighted by Gasteiger charge is 2.13. The maximum atomic E-state index is 11.2. The highest BCUT2D eigenvalue weighted by molar-refractivity contribution is 5.94. The first-order valence-electron chi connectivity index (χ1n) is 7.97. The zero-order chi connectivity index (χ0) is 15.2. The topological polar surface area (TPSA) is 74.6 Å². The smallest absolute Gasteiger partial charge is 0.310 e. The molecule has 0 heterocycles. The van der Waals surface area contributed by atoms with E-state index < -0.39 is 18.5 Å². The summed E-state index contributed by atoms with van der Waals surface area (Å²) < 4.78 is 0. The van der Waals surface area contributed by atoms with Crippen LogP contribution in [0.2, 0.25) is 0 Å². The molecular weight excluding hydrogens is 256 g/mol. The van der Waals surface area contributed by atoms with E-state index in [9.17, 15) is 14.7 Å². The van der Waals surface area contributed by atoms with Gasteiger partial charge in [-0.3, -0.25) is 9.59 Å². The zero-order valence-electron chi connectivity index (χ0n) is 12.8. The molecule has 4 heteroatoms. The van der Waals surface area contributed by atoms with Crippen molar-refractivity contribution in [3.63, 3.8) is 0 Å². The molecular formula is C16H30O4. The predicted octanol–water partition coefficient (Wildman–Crippen LogP) is 3.70. The van der Waals surface area contributed by atoms with Gasteiger partial charge in [0.05, 0.1) is 6.10 Å². The third-order valence-corrected chi connectivity index (χ3v) is 3.45. The Morgan fingerprint density at radius 3 is 1.90 bits per heavy atom. The zero-order valence-corrected chi connectivity index (χ0v) is 12.8. The third kappa shape index (κ3) is 13.5. The van der Waals surface area contributed by atoms with Crippen LogP contribution in [0.5, 0.6) is 0 Å². The first-order chi connectivity index (χ1) is 9.56. The molecule has 2 N–H and O–H groups in total. The number of carbonyl (C=O) groups is 2. The summed E-state index contributed by atoms with van der Waals surface area (Å²) in [5, 5.41) is 18.1. The largest absolute Gasteiger partial charge is 0.481 e. The number of carbonyl (C=O) groups excluding carboxylic acids is 1. The quantitative estimate of drug-likeness (QED) is 0.377. The second-order valence-electron chi connectivity index (χ2n) is 5.58. The van der Waals surface area contributed by atoms with Crippen LogP contribution in [0.4, 0.5) is 0 Å². The molecule has 0 saturated heterocycles. The van der Waals surface area contributed by atoms with Gasteiger partial charge < -0.3 is 10.2 Å². The molecule has 0 bridgehead atoms. The van der Waals surface area contributed by atoms with E-state index in [1.54, 1.807) is 0 Å². The standard InChI is InChI=1S/C16H30O4/c1-2-3-4-5-6-7-8-9-10-11-14(17)12-15(18)13-16(19)20/h14,17H,2-13H2,1H3,(H,19,20)/t14-/m1/s1. The Hall–Kier alpha value is -0.900. The minimum absolute atomic E-state index is 0.0245. The summed E-state index contributed by atoms with van der Waals surface area (Å²) in [6, 6.07) is 0. The normalized spacial score (nSPS) is 12.3. The van der Waals surface area contributed by atoms with Gasteiger partial charge in [-0.05, 0) is 6.42 Å². The van der Waals surface area contributed by atoms with Crippen LogP contribution in [-0.4, -0.2) is 28.1 Å². The Morgan fingerprint density at radius 2 is 1.40 bits per heavy atom. The van der Waals surface area contributed by atoms with Crippen molar-refractivity contribution in [2.24, 2.45) is 0 Å². The lowest BCUT2D eigenvalue weighted by Crippen LogP contribution is -2.16. The number of aliphatic hydroxyl groups excluding tert-OH is 1. The van der Waals surface area contributed by atoms with Crippen molar-refractivity contribution in [1.82, 2.24) is 0 Å². The molecule has 0 saturated carbocycles. The molecule has 0 unspecified atom stereocenters. The van der Waals surface area contributed by atoms with Crippen molar-refractivity contribution >= 4 is 11.8 Å². The SMILES string of the molecule is CCCCCCCCCCC[C@@H](O)CC(=O)CC(=O)O. The average Bonchev–Trinajstić information content (AvgIpc) is 2.35. The van der Waals surface area contributed by atoms with Gasteiger partial charge in [0.15, 0.2) is 0 Å². The Balaban J connectivity index is 3.33. The molecule has 118 valence electrons. The van der Waals surface area contributed by atoms with E-state index in [-0.39, 0.29) is 12.2 Å². The Labute approximate surface area is 122 Å². The van der Waals surface area contributed by atoms with Crippen LogP contribution in [0.15, 0.2) is 0 Å². The van der Waals surface area contributed by atoms with Gasteiger partial charge >= 0.3 is 5.97 Å². The number of hydrogen-bond acceptors (Lipinski definition) is 3. The summed E-state index contributed by atoms with van der Waals surface area (Å²) in [6.45, 7) is 2.21. The predicted molar refractivity (Wildman–Crippen MR) is 79.7 cm³/mol. The van der Waals surface area contributed by atoms with Crippen molar-refractivity contribution in [2.75, 3.05) is 0 Å². The minimum atomic E-state index is -1.12. The molecule has 0 aliphatic heterocycles. The van der Waals surface area contributed by atoms with Gasteiger partial charge in [0.25, 0.3) is 0 Å². The number of aliphatic carboxylic acids is 1. The van der Waals surface area contributed by atoms with Crippen molar-refractivity contribution in [3.8, 4) is 0 Å². The Morgan fingerprint density at radius 1 is 0.900 bits per heavy atom. The molecule has 4 nitrogen and oxygen atoms in total. The summed E-state index contributed by atoms with van der Waals surface area (Å²) in [4.78, 5) is 21.5. The summed E-state index contributed by atoms with van der Waals surface area (Å²) in [6.07, 6.45) is 10.4. The lowest BCUT2D eigenvalue weighted by atomic mass is 10.0. The fraction of sp³-hybridized carbons (Fsp3) is 0.875. The van der Waals surface area contributed by atoms with E-state index in [1.807, 2.05) is 0 Å². The van der Waals surface area contributed by atoms with Gasteiger partial charge in [-0.25, -0.2) is 0 Å². The Bertz CT molecular complexity index is 263. The Kier molecular flexibility index (Phi) is 12.5. The van der Waals surface area contributed by atoms with Gasteiger partial charge in [-0.1, -0.05) is 64.7 Å². The lowest BCUT2D eigenvalue weighted by Gasteiger charge is -2.08. The van der Waals surface area contributed by atoms with E-state index in [0.717, 1.165) is 12.8 Å². The number of rotatable bonds is 14. The van der Waals surface area contributed by atoms with Gasteiger partial charge in [-0.2, -0.15) is 0 Å². The number of unbranched alkanes of at least 4 members (excludes halogenated alkanes) is 8. The third-order valence-electron chi connectivity index (χ3n) is 3.45.